The van der Waals surface area contributed by atoms with Crippen LogP contribution < -0.4 is 4.74 Å². The number of imidazole rings is 1. The summed E-state index contributed by atoms with van der Waals surface area (Å²) >= 11 is 0. The van der Waals surface area contributed by atoms with E-state index in [4.69, 9.17) is 9.72 Å². The summed E-state index contributed by atoms with van der Waals surface area (Å²) in [6.07, 6.45) is 2.68. The minimum Gasteiger partial charge on any atom is -0.493 e. The van der Waals surface area contributed by atoms with Crippen molar-refractivity contribution in [2.75, 3.05) is 19.7 Å². The summed E-state index contributed by atoms with van der Waals surface area (Å²) in [5, 5.41) is 0. The van der Waals surface area contributed by atoms with E-state index in [0.29, 0.717) is 24.5 Å². The first-order valence-electron chi connectivity index (χ1n) is 8.97. The Bertz CT molecular complexity index is 950. The molecule has 0 spiro atoms. The number of rotatable bonds is 4. The summed E-state index contributed by atoms with van der Waals surface area (Å²) < 4.78 is 7.66. The molecule has 3 aromatic rings. The summed E-state index contributed by atoms with van der Waals surface area (Å²) in [5.74, 6) is 1.88. The van der Waals surface area contributed by atoms with E-state index in [9.17, 15) is 4.79 Å². The Morgan fingerprint density at radius 3 is 2.92 bits per heavy atom. The van der Waals surface area contributed by atoms with Crippen LogP contribution in [0.15, 0.2) is 42.6 Å². The van der Waals surface area contributed by atoms with Crippen molar-refractivity contribution >= 4 is 17.1 Å². The molecule has 0 radical (unpaired) electrons. The average Bonchev–Trinajstić information content (AvgIpc) is 3.27. The number of hydrogen-bond acceptors (Lipinski definition) is 4. The van der Waals surface area contributed by atoms with Gasteiger partial charge in [0.15, 0.2) is 5.65 Å². The van der Waals surface area contributed by atoms with Crippen LogP contribution in [0.2, 0.25) is 0 Å². The first-order chi connectivity index (χ1) is 12.7. The quantitative estimate of drug-likeness (QED) is 0.726. The zero-order chi connectivity index (χ0) is 18.1. The summed E-state index contributed by atoms with van der Waals surface area (Å²) in [6, 6.07) is 11.3. The molecule has 2 aromatic heterocycles. The highest BCUT2D eigenvalue weighted by molar-refractivity contribution is 5.97. The highest BCUT2D eigenvalue weighted by Gasteiger charge is 2.32. The SMILES string of the molecule is CCOc1ccccc1C(=O)N1CCC(c2nc3cccnc3n2C)C1. The van der Waals surface area contributed by atoms with Crippen LogP contribution in [0.25, 0.3) is 11.2 Å². The van der Waals surface area contributed by atoms with Crippen LogP contribution in [0.1, 0.15) is 35.4 Å². The molecule has 0 saturated carbocycles. The van der Waals surface area contributed by atoms with Crippen LogP contribution in [-0.2, 0) is 7.05 Å². The number of aryl methyl sites for hydroxylation is 1. The maximum Gasteiger partial charge on any atom is 0.257 e. The maximum absolute atomic E-state index is 13.0. The van der Waals surface area contributed by atoms with Gasteiger partial charge in [0.1, 0.15) is 17.1 Å². The monoisotopic (exact) mass is 350 g/mol. The lowest BCUT2D eigenvalue weighted by atomic mass is 10.1. The van der Waals surface area contributed by atoms with Gasteiger partial charge in [-0.25, -0.2) is 9.97 Å². The molecule has 1 aliphatic rings. The lowest BCUT2D eigenvalue weighted by Crippen LogP contribution is -2.29. The Hall–Kier alpha value is -2.89. The van der Waals surface area contributed by atoms with Crippen molar-refractivity contribution in [3.05, 3.63) is 54.0 Å². The van der Waals surface area contributed by atoms with Crippen LogP contribution in [0.3, 0.4) is 0 Å². The van der Waals surface area contributed by atoms with Gasteiger partial charge < -0.3 is 14.2 Å². The number of pyridine rings is 1. The molecular formula is C20H22N4O2. The zero-order valence-corrected chi connectivity index (χ0v) is 15.1. The summed E-state index contributed by atoms with van der Waals surface area (Å²) in [5.41, 5.74) is 2.41. The molecule has 1 aliphatic heterocycles. The molecule has 4 rings (SSSR count). The Kier molecular flexibility index (Phi) is 4.32. The number of hydrogen-bond donors (Lipinski definition) is 0. The van der Waals surface area contributed by atoms with Crippen LogP contribution in [0.5, 0.6) is 5.75 Å². The molecular weight excluding hydrogens is 328 g/mol. The van der Waals surface area contributed by atoms with Gasteiger partial charge in [0.2, 0.25) is 0 Å². The first-order valence-corrected chi connectivity index (χ1v) is 8.97. The van der Waals surface area contributed by atoms with Gasteiger partial charge in [0.25, 0.3) is 5.91 Å². The second-order valence-electron chi connectivity index (χ2n) is 6.54. The highest BCUT2D eigenvalue weighted by atomic mass is 16.5. The molecule has 6 nitrogen and oxygen atoms in total. The third kappa shape index (κ3) is 2.81. The fraction of sp³-hybridized carbons (Fsp3) is 0.350. The molecule has 1 amide bonds. The Morgan fingerprint density at radius 2 is 2.12 bits per heavy atom. The smallest absolute Gasteiger partial charge is 0.257 e. The molecule has 1 unspecified atom stereocenters. The standard InChI is InChI=1S/C20H22N4O2/c1-3-26-17-9-5-4-7-15(17)20(25)24-12-10-14(13-24)18-22-16-8-6-11-21-19(16)23(18)2/h4-9,11,14H,3,10,12-13H2,1-2H3. The Balaban J connectivity index is 1.57. The zero-order valence-electron chi connectivity index (χ0n) is 15.1. The van der Waals surface area contributed by atoms with Crippen LogP contribution in [0.4, 0.5) is 0 Å². The summed E-state index contributed by atoms with van der Waals surface area (Å²) in [4.78, 5) is 24.0. The number of para-hydroxylation sites is 1. The third-order valence-electron chi connectivity index (χ3n) is 4.92. The van der Waals surface area contributed by atoms with Crippen molar-refractivity contribution in [2.24, 2.45) is 7.05 Å². The predicted molar refractivity (Wildman–Crippen MR) is 99.4 cm³/mol. The molecule has 1 aromatic carbocycles. The van der Waals surface area contributed by atoms with Gasteiger partial charge in [-0.15, -0.1) is 0 Å². The van der Waals surface area contributed by atoms with Gasteiger partial charge in [0.05, 0.1) is 12.2 Å². The summed E-state index contributed by atoms with van der Waals surface area (Å²) in [7, 11) is 1.99. The largest absolute Gasteiger partial charge is 0.493 e. The number of fused-ring (bicyclic) bond motifs is 1. The van der Waals surface area contributed by atoms with Gasteiger partial charge in [-0.05, 0) is 37.6 Å². The van der Waals surface area contributed by atoms with E-state index in [-0.39, 0.29) is 11.8 Å². The van der Waals surface area contributed by atoms with Crippen molar-refractivity contribution in [3.63, 3.8) is 0 Å². The number of benzene rings is 1. The molecule has 26 heavy (non-hydrogen) atoms. The number of amides is 1. The van der Waals surface area contributed by atoms with Gasteiger partial charge >= 0.3 is 0 Å². The van der Waals surface area contributed by atoms with Gasteiger partial charge in [-0.2, -0.15) is 0 Å². The van der Waals surface area contributed by atoms with Gasteiger partial charge in [-0.1, -0.05) is 12.1 Å². The first kappa shape index (κ1) is 16.6. The average molecular weight is 350 g/mol. The maximum atomic E-state index is 13.0. The van der Waals surface area contributed by atoms with Crippen LogP contribution in [0, 0.1) is 0 Å². The lowest BCUT2D eigenvalue weighted by molar-refractivity contribution is 0.0786. The fourth-order valence-corrected chi connectivity index (χ4v) is 3.66. The van der Waals surface area contributed by atoms with Crippen LogP contribution in [-0.4, -0.2) is 45.0 Å². The number of aromatic nitrogens is 3. The fourth-order valence-electron chi connectivity index (χ4n) is 3.66. The molecule has 0 N–H and O–H groups in total. The van der Waals surface area contributed by atoms with Gasteiger partial charge in [0, 0.05) is 32.3 Å². The van der Waals surface area contributed by atoms with E-state index >= 15 is 0 Å². The number of ether oxygens (including phenoxy) is 1. The van der Waals surface area contributed by atoms with Crippen LogP contribution >= 0.6 is 0 Å². The second kappa shape index (κ2) is 6.78. The molecule has 1 atom stereocenters. The van der Waals surface area contributed by atoms with E-state index < -0.39 is 0 Å². The van der Waals surface area contributed by atoms with E-state index in [0.717, 1.165) is 30.0 Å². The van der Waals surface area contributed by atoms with Crippen molar-refractivity contribution in [2.45, 2.75) is 19.3 Å². The number of likely N-dealkylation sites (tertiary alicyclic amines) is 1. The minimum atomic E-state index is 0.0217. The molecule has 0 aliphatic carbocycles. The Morgan fingerprint density at radius 1 is 1.27 bits per heavy atom. The normalized spacial score (nSPS) is 17.0. The van der Waals surface area contributed by atoms with E-state index in [1.165, 1.54) is 0 Å². The minimum absolute atomic E-state index is 0.0217. The number of nitrogens with zero attached hydrogens (tertiary/aromatic N) is 4. The molecule has 134 valence electrons. The van der Waals surface area contributed by atoms with Crippen molar-refractivity contribution in [1.82, 2.24) is 19.4 Å². The van der Waals surface area contributed by atoms with Crippen molar-refractivity contribution in [3.8, 4) is 5.75 Å². The predicted octanol–water partition coefficient (Wildman–Crippen LogP) is 3.00. The highest BCUT2D eigenvalue weighted by Crippen LogP contribution is 2.30. The summed E-state index contributed by atoms with van der Waals surface area (Å²) in [6.45, 7) is 3.85. The van der Waals surface area contributed by atoms with E-state index in [2.05, 4.69) is 4.98 Å². The number of carbonyl (C=O) groups is 1. The second-order valence-corrected chi connectivity index (χ2v) is 6.54. The van der Waals surface area contributed by atoms with E-state index in [1.807, 2.05) is 59.8 Å². The number of carbonyl (C=O) groups excluding carboxylic acids is 1. The van der Waals surface area contributed by atoms with Crippen molar-refractivity contribution < 1.29 is 9.53 Å². The Labute approximate surface area is 152 Å². The molecule has 1 fully saturated rings. The lowest BCUT2D eigenvalue weighted by Gasteiger charge is -2.18. The third-order valence-corrected chi connectivity index (χ3v) is 4.92. The van der Waals surface area contributed by atoms with E-state index in [1.54, 1.807) is 6.20 Å². The molecule has 1 saturated heterocycles. The topological polar surface area (TPSA) is 60.2 Å². The van der Waals surface area contributed by atoms with Crippen molar-refractivity contribution in [1.29, 1.82) is 0 Å². The molecule has 3 heterocycles. The molecule has 0 bridgehead atoms. The molecule has 6 heteroatoms. The van der Waals surface area contributed by atoms with Gasteiger partial charge in [-0.3, -0.25) is 4.79 Å².